The van der Waals surface area contributed by atoms with Gasteiger partial charge in [0.25, 0.3) is 0 Å². The molecule has 0 aromatic heterocycles. The maximum atomic E-state index is 5.45. The molecule has 0 unspecified atom stereocenters. The van der Waals surface area contributed by atoms with Crippen LogP contribution in [0.15, 0.2) is 0 Å². The first-order chi connectivity index (χ1) is 4.62. The van der Waals surface area contributed by atoms with Gasteiger partial charge in [-0.2, -0.15) is 0 Å². The van der Waals surface area contributed by atoms with Crippen molar-refractivity contribution < 1.29 is 8.92 Å². The summed E-state index contributed by atoms with van der Waals surface area (Å²) >= 11 is 3.60. The molecule has 0 bridgehead atoms. The van der Waals surface area contributed by atoms with Crippen LogP contribution in [0, 0.1) is 0 Å². The van der Waals surface area contributed by atoms with Crippen LogP contribution in [-0.4, -0.2) is 18.8 Å². The molecule has 0 aliphatic carbocycles. The van der Waals surface area contributed by atoms with Gasteiger partial charge < -0.3 is 8.92 Å². The zero-order chi connectivity index (χ0) is 8.04. The molecular formula is C7H16O2S. The summed E-state index contributed by atoms with van der Waals surface area (Å²) in [7, 11) is 0. The Morgan fingerprint density at radius 2 is 1.90 bits per heavy atom. The minimum Gasteiger partial charge on any atom is -0.373 e. The maximum Gasteiger partial charge on any atom is 0.0844 e. The van der Waals surface area contributed by atoms with E-state index in [4.69, 9.17) is 4.74 Å². The van der Waals surface area contributed by atoms with Crippen molar-refractivity contribution in [3.05, 3.63) is 0 Å². The van der Waals surface area contributed by atoms with Gasteiger partial charge in [0.2, 0.25) is 0 Å². The first kappa shape index (κ1) is 10.3. The summed E-state index contributed by atoms with van der Waals surface area (Å²) in [6.07, 6.45) is 1.01. The molecular weight excluding hydrogens is 148 g/mol. The number of hydrogen-bond donors (Lipinski definition) is 1. The molecule has 10 heavy (non-hydrogen) atoms. The van der Waals surface area contributed by atoms with Crippen LogP contribution in [-0.2, 0) is 8.92 Å². The highest BCUT2D eigenvalue weighted by Crippen LogP contribution is 2.12. The van der Waals surface area contributed by atoms with Gasteiger partial charge in [-0.25, -0.2) is 0 Å². The lowest BCUT2D eigenvalue weighted by Gasteiger charge is -2.22. The molecule has 0 rings (SSSR count). The molecule has 0 fully saturated rings. The van der Waals surface area contributed by atoms with E-state index >= 15 is 0 Å². The second-order valence-electron chi connectivity index (χ2n) is 2.79. The highest BCUT2D eigenvalue weighted by atomic mass is 32.1. The highest BCUT2D eigenvalue weighted by Gasteiger charge is 2.13. The van der Waals surface area contributed by atoms with E-state index in [1.165, 1.54) is 0 Å². The summed E-state index contributed by atoms with van der Waals surface area (Å²) in [5, 5.41) is 0. The largest absolute Gasteiger partial charge is 0.373 e. The fraction of sp³-hybridized carbons (Fsp3) is 1.00. The molecule has 2 nitrogen and oxygen atoms in total. The SMILES string of the molecule is CCC(C)(C)OCCOS. The van der Waals surface area contributed by atoms with Crippen LogP contribution < -0.4 is 0 Å². The predicted octanol–water partition coefficient (Wildman–Crippen LogP) is 2.05. The van der Waals surface area contributed by atoms with Gasteiger partial charge in [0.15, 0.2) is 0 Å². The average Bonchev–Trinajstić information content (AvgIpc) is 1.89. The molecule has 0 spiro atoms. The summed E-state index contributed by atoms with van der Waals surface area (Å²) < 4.78 is 10.00. The smallest absolute Gasteiger partial charge is 0.0844 e. The summed E-state index contributed by atoms with van der Waals surface area (Å²) in [6.45, 7) is 7.38. The van der Waals surface area contributed by atoms with Crippen LogP contribution in [0.1, 0.15) is 27.2 Å². The molecule has 0 saturated carbocycles. The van der Waals surface area contributed by atoms with Crippen LogP contribution in [0.5, 0.6) is 0 Å². The number of rotatable bonds is 5. The molecule has 0 aliphatic heterocycles. The van der Waals surface area contributed by atoms with Crippen molar-refractivity contribution in [1.29, 1.82) is 0 Å². The highest BCUT2D eigenvalue weighted by molar-refractivity contribution is 7.75. The van der Waals surface area contributed by atoms with Crippen LogP contribution in [0.2, 0.25) is 0 Å². The van der Waals surface area contributed by atoms with Crippen molar-refractivity contribution in [3.63, 3.8) is 0 Å². The predicted molar refractivity (Wildman–Crippen MR) is 45.3 cm³/mol. The van der Waals surface area contributed by atoms with Crippen molar-refractivity contribution in [1.82, 2.24) is 0 Å². The Balaban J connectivity index is 3.28. The fourth-order valence-corrected chi connectivity index (χ4v) is 0.532. The normalized spacial score (nSPS) is 12.0. The Bertz CT molecular complexity index is 83.7. The van der Waals surface area contributed by atoms with E-state index in [0.717, 1.165) is 6.42 Å². The van der Waals surface area contributed by atoms with Crippen molar-refractivity contribution in [2.45, 2.75) is 32.8 Å². The number of hydrogen-bond acceptors (Lipinski definition) is 3. The Labute approximate surface area is 68.5 Å². The standard InChI is InChI=1S/C7H16O2S/c1-4-7(2,3)8-5-6-9-10/h10H,4-6H2,1-3H3. The first-order valence-electron chi connectivity index (χ1n) is 3.52. The lowest BCUT2D eigenvalue weighted by Crippen LogP contribution is -2.24. The number of thiol groups is 1. The third kappa shape index (κ3) is 5.09. The molecule has 0 amide bonds. The summed E-state index contributed by atoms with van der Waals surface area (Å²) in [5.74, 6) is 0. The lowest BCUT2D eigenvalue weighted by atomic mass is 10.1. The Hall–Kier alpha value is 0.270. The molecule has 0 N–H and O–H groups in total. The van der Waals surface area contributed by atoms with Gasteiger partial charge >= 0.3 is 0 Å². The van der Waals surface area contributed by atoms with Crippen molar-refractivity contribution in [3.8, 4) is 0 Å². The third-order valence-corrected chi connectivity index (χ3v) is 1.70. The zero-order valence-electron chi connectivity index (χ0n) is 6.89. The molecule has 0 radical (unpaired) electrons. The topological polar surface area (TPSA) is 18.5 Å². The van der Waals surface area contributed by atoms with E-state index in [0.29, 0.717) is 13.2 Å². The number of ether oxygens (including phenoxy) is 1. The van der Waals surface area contributed by atoms with Gasteiger partial charge in [0.1, 0.15) is 0 Å². The minimum atomic E-state index is -0.0215. The molecule has 0 atom stereocenters. The molecule has 0 heterocycles. The van der Waals surface area contributed by atoms with E-state index in [1.54, 1.807) is 0 Å². The molecule has 0 aliphatic rings. The van der Waals surface area contributed by atoms with E-state index in [-0.39, 0.29) is 5.60 Å². The van der Waals surface area contributed by atoms with E-state index in [9.17, 15) is 0 Å². The van der Waals surface area contributed by atoms with Crippen molar-refractivity contribution >= 4 is 12.9 Å². The van der Waals surface area contributed by atoms with Crippen LogP contribution in [0.4, 0.5) is 0 Å². The average molecular weight is 164 g/mol. The quantitative estimate of drug-likeness (QED) is 0.381. The Kier molecular flexibility index (Phi) is 5.13. The van der Waals surface area contributed by atoms with Gasteiger partial charge in [-0.05, 0) is 33.2 Å². The van der Waals surface area contributed by atoms with Crippen LogP contribution >= 0.6 is 12.9 Å². The molecule has 0 aromatic carbocycles. The van der Waals surface area contributed by atoms with E-state index in [2.05, 4.69) is 37.9 Å². The molecule has 3 heteroatoms. The van der Waals surface area contributed by atoms with Crippen LogP contribution in [0.25, 0.3) is 0 Å². The monoisotopic (exact) mass is 164 g/mol. The molecule has 0 aromatic rings. The lowest BCUT2D eigenvalue weighted by molar-refractivity contribution is -0.0295. The van der Waals surface area contributed by atoms with Gasteiger partial charge in [0, 0.05) is 0 Å². The summed E-state index contributed by atoms with van der Waals surface area (Å²) in [4.78, 5) is 0. The van der Waals surface area contributed by atoms with Gasteiger partial charge in [-0.3, -0.25) is 0 Å². The van der Waals surface area contributed by atoms with Crippen molar-refractivity contribution in [2.75, 3.05) is 13.2 Å². The van der Waals surface area contributed by atoms with Crippen LogP contribution in [0.3, 0.4) is 0 Å². The van der Waals surface area contributed by atoms with Gasteiger partial charge in [0.05, 0.1) is 18.8 Å². The summed E-state index contributed by atoms with van der Waals surface area (Å²) in [5.41, 5.74) is -0.0215. The van der Waals surface area contributed by atoms with Gasteiger partial charge in [-0.1, -0.05) is 6.92 Å². The summed E-state index contributed by atoms with van der Waals surface area (Å²) in [6, 6.07) is 0. The van der Waals surface area contributed by atoms with E-state index in [1.807, 2.05) is 0 Å². The first-order valence-corrected chi connectivity index (χ1v) is 3.89. The Morgan fingerprint density at radius 1 is 1.30 bits per heavy atom. The molecule has 0 saturated heterocycles. The molecule has 62 valence electrons. The minimum absolute atomic E-state index is 0.0215. The zero-order valence-corrected chi connectivity index (χ0v) is 7.78. The van der Waals surface area contributed by atoms with Crippen molar-refractivity contribution in [2.24, 2.45) is 0 Å². The second-order valence-corrected chi connectivity index (χ2v) is 3.05. The fourth-order valence-electron chi connectivity index (χ4n) is 0.457. The van der Waals surface area contributed by atoms with Gasteiger partial charge in [-0.15, -0.1) is 0 Å². The van der Waals surface area contributed by atoms with E-state index < -0.39 is 0 Å². The Morgan fingerprint density at radius 3 is 2.30 bits per heavy atom. The third-order valence-electron chi connectivity index (χ3n) is 1.52. The second kappa shape index (κ2) is 4.99. The maximum absolute atomic E-state index is 5.45.